The van der Waals surface area contributed by atoms with Gasteiger partial charge in [0.2, 0.25) is 0 Å². The maximum absolute atomic E-state index is 12.5. The molecule has 29 heavy (non-hydrogen) atoms. The second-order valence-corrected chi connectivity index (χ2v) is 9.79. The van der Waals surface area contributed by atoms with Crippen LogP contribution < -0.4 is 5.32 Å². The van der Waals surface area contributed by atoms with Crippen LogP contribution in [0.25, 0.3) is 16.9 Å². The van der Waals surface area contributed by atoms with E-state index in [-0.39, 0.29) is 13.1 Å². The highest BCUT2D eigenvalue weighted by Gasteiger charge is 2.58. The third kappa shape index (κ3) is 3.27. The first-order valence-electron chi connectivity index (χ1n) is 8.71. The number of carbonyl (C=O) groups excluding carboxylic acids is 1. The van der Waals surface area contributed by atoms with Gasteiger partial charge in [-0.1, -0.05) is 38.8 Å². The Morgan fingerprint density at radius 2 is 2.03 bits per heavy atom. The molecule has 156 valence electrons. The molecule has 0 aliphatic carbocycles. The quantitative estimate of drug-likeness (QED) is 0.500. The van der Waals surface area contributed by atoms with Crippen LogP contribution in [0.2, 0.25) is 0 Å². The van der Waals surface area contributed by atoms with E-state index in [1.807, 2.05) is 16.6 Å². The zero-order chi connectivity index (χ0) is 21.0. The van der Waals surface area contributed by atoms with Crippen LogP contribution in [-0.2, 0) is 4.32 Å². The van der Waals surface area contributed by atoms with E-state index in [1.54, 1.807) is 12.4 Å². The highest BCUT2D eigenvalue weighted by molar-refractivity contribution is 9.12. The molecule has 0 radical (unpaired) electrons. The second-order valence-electron chi connectivity index (χ2n) is 6.92. The maximum atomic E-state index is 12.5. The fourth-order valence-electron chi connectivity index (χ4n) is 3.64. The lowest BCUT2D eigenvalue weighted by molar-refractivity contribution is -0.123. The molecular weight excluding hydrogens is 523 g/mol. The summed E-state index contributed by atoms with van der Waals surface area (Å²) >= 11 is 7.55. The fraction of sp³-hybridized carbons (Fsp3) is 0.500. The predicted octanol–water partition coefficient (Wildman–Crippen LogP) is 3.33. The van der Waals surface area contributed by atoms with Crippen LogP contribution in [0.4, 0.5) is 18.0 Å². The summed E-state index contributed by atoms with van der Waals surface area (Å²) in [5, 5.41) is 1.94. The smallest absolute Gasteiger partial charge is 0.329 e. The number of likely N-dealkylation sites (tertiary alicyclic amines) is 1. The van der Waals surface area contributed by atoms with Crippen molar-refractivity contribution >= 4 is 54.8 Å². The lowest BCUT2D eigenvalue weighted by Gasteiger charge is -2.35. The van der Waals surface area contributed by atoms with Gasteiger partial charge in [0.1, 0.15) is 10.9 Å². The number of nitrogens with zero attached hydrogens (tertiary/aromatic N) is 5. The van der Waals surface area contributed by atoms with Crippen molar-refractivity contribution in [1.29, 1.82) is 0 Å². The second kappa shape index (κ2) is 6.83. The van der Waals surface area contributed by atoms with E-state index in [2.05, 4.69) is 51.8 Å². The standard InChI is InChI=1S/C16H16Br2F3N7O/c1-2-14(17)6-27(13(29)24-5-16(19,20)21)7-15(14,18)9-3-22-10-4-23-11-12(28(9)10)26-8-25-11/h3-4,8H,2,5-7H2,1H3,(H,24,29)(H,25,26)/t14-,15?/m1/s1. The van der Waals surface area contributed by atoms with E-state index in [9.17, 15) is 18.0 Å². The summed E-state index contributed by atoms with van der Waals surface area (Å²) in [5.74, 6) is 0. The molecule has 2 N–H and O–H groups in total. The molecule has 1 saturated heterocycles. The number of nitrogens with one attached hydrogen (secondary N) is 2. The molecule has 1 aliphatic rings. The third-order valence-corrected chi connectivity index (χ3v) is 8.60. The van der Waals surface area contributed by atoms with Gasteiger partial charge in [-0.25, -0.2) is 19.7 Å². The average Bonchev–Trinajstić information content (AvgIpc) is 3.35. The summed E-state index contributed by atoms with van der Waals surface area (Å²) in [6.45, 7) is 0.906. The van der Waals surface area contributed by atoms with E-state index in [4.69, 9.17) is 0 Å². The number of imidazole rings is 2. The number of amides is 2. The highest BCUT2D eigenvalue weighted by Crippen LogP contribution is 2.54. The van der Waals surface area contributed by atoms with Gasteiger partial charge in [-0.2, -0.15) is 13.2 Å². The molecule has 1 unspecified atom stereocenters. The number of alkyl halides is 5. The number of hydrogen-bond donors (Lipinski definition) is 2. The van der Waals surface area contributed by atoms with Crippen LogP contribution in [0, 0.1) is 0 Å². The Balaban J connectivity index is 1.75. The van der Waals surface area contributed by atoms with Gasteiger partial charge < -0.3 is 15.2 Å². The van der Waals surface area contributed by atoms with Gasteiger partial charge in [0.25, 0.3) is 0 Å². The topological polar surface area (TPSA) is 91.2 Å². The van der Waals surface area contributed by atoms with Crippen molar-refractivity contribution in [3.8, 4) is 0 Å². The Labute approximate surface area is 179 Å². The Bertz CT molecular complexity index is 1080. The molecule has 4 heterocycles. The maximum Gasteiger partial charge on any atom is 0.405 e. The van der Waals surface area contributed by atoms with Crippen LogP contribution >= 0.6 is 31.9 Å². The summed E-state index contributed by atoms with van der Waals surface area (Å²) < 4.78 is 37.9. The van der Waals surface area contributed by atoms with Crippen LogP contribution in [0.15, 0.2) is 18.7 Å². The number of H-pyrrole nitrogens is 1. The molecule has 13 heteroatoms. The number of halogens is 5. The molecule has 2 amide bonds. The molecule has 4 rings (SSSR count). The molecule has 3 aromatic heterocycles. The zero-order valence-corrected chi connectivity index (χ0v) is 18.3. The zero-order valence-electron chi connectivity index (χ0n) is 15.1. The van der Waals surface area contributed by atoms with Crippen molar-refractivity contribution in [2.24, 2.45) is 0 Å². The largest absolute Gasteiger partial charge is 0.405 e. The van der Waals surface area contributed by atoms with Crippen molar-refractivity contribution in [3.63, 3.8) is 0 Å². The summed E-state index contributed by atoms with van der Waals surface area (Å²) in [4.78, 5) is 29.7. The number of fused-ring (bicyclic) bond motifs is 3. The van der Waals surface area contributed by atoms with Crippen LogP contribution in [0.1, 0.15) is 19.0 Å². The fourth-order valence-corrected chi connectivity index (χ4v) is 5.26. The number of carbonyl (C=O) groups is 1. The number of hydrogen-bond acceptors (Lipinski definition) is 4. The number of aromatic amines is 1. The molecule has 0 aromatic carbocycles. The van der Waals surface area contributed by atoms with Gasteiger partial charge in [0.05, 0.1) is 28.7 Å². The minimum absolute atomic E-state index is 0.137. The lowest BCUT2D eigenvalue weighted by Crippen LogP contribution is -2.43. The van der Waals surface area contributed by atoms with E-state index in [1.165, 1.54) is 11.2 Å². The predicted molar refractivity (Wildman–Crippen MR) is 106 cm³/mol. The highest BCUT2D eigenvalue weighted by atomic mass is 79.9. The van der Waals surface area contributed by atoms with Gasteiger partial charge in [-0.05, 0) is 6.42 Å². The van der Waals surface area contributed by atoms with Crippen LogP contribution in [0.5, 0.6) is 0 Å². The molecule has 1 fully saturated rings. The molecule has 0 spiro atoms. The molecule has 0 bridgehead atoms. The minimum atomic E-state index is -4.47. The third-order valence-electron chi connectivity index (χ3n) is 5.16. The van der Waals surface area contributed by atoms with Crippen molar-refractivity contribution < 1.29 is 18.0 Å². The van der Waals surface area contributed by atoms with Gasteiger partial charge in [0.15, 0.2) is 16.9 Å². The van der Waals surface area contributed by atoms with Crippen molar-refractivity contribution in [3.05, 3.63) is 24.4 Å². The first kappa shape index (κ1) is 20.4. The van der Waals surface area contributed by atoms with Crippen LogP contribution in [-0.4, -0.2) is 65.4 Å². The monoisotopic (exact) mass is 537 g/mol. The number of aromatic nitrogens is 5. The number of urea groups is 1. The van der Waals surface area contributed by atoms with Gasteiger partial charge in [-0.3, -0.25) is 4.40 Å². The van der Waals surface area contributed by atoms with E-state index >= 15 is 0 Å². The van der Waals surface area contributed by atoms with Gasteiger partial charge in [-0.15, -0.1) is 0 Å². The van der Waals surface area contributed by atoms with E-state index < -0.39 is 27.4 Å². The summed E-state index contributed by atoms with van der Waals surface area (Å²) in [5.41, 5.74) is 2.43. The summed E-state index contributed by atoms with van der Waals surface area (Å²) in [6.07, 6.45) is 0.919. The first-order chi connectivity index (χ1) is 13.6. The first-order valence-corrected chi connectivity index (χ1v) is 10.3. The minimum Gasteiger partial charge on any atom is -0.329 e. The van der Waals surface area contributed by atoms with Crippen molar-refractivity contribution in [2.75, 3.05) is 19.6 Å². The average molecular weight is 539 g/mol. The molecule has 1 aliphatic heterocycles. The Morgan fingerprint density at radius 1 is 1.28 bits per heavy atom. The van der Waals surface area contributed by atoms with Gasteiger partial charge in [0, 0.05) is 13.1 Å². The Kier molecular flexibility index (Phi) is 4.80. The Morgan fingerprint density at radius 3 is 2.72 bits per heavy atom. The van der Waals surface area contributed by atoms with E-state index in [0.717, 1.165) is 5.69 Å². The Hall–Kier alpha value is -1.89. The van der Waals surface area contributed by atoms with Crippen LogP contribution in [0.3, 0.4) is 0 Å². The normalized spacial score (nSPS) is 25.2. The molecule has 2 atom stereocenters. The van der Waals surface area contributed by atoms with Crippen molar-refractivity contribution in [2.45, 2.75) is 28.2 Å². The SMILES string of the molecule is CC[C@@]1(Br)CN(C(=O)NCC(F)(F)F)CC1(Br)c1cnc2cnc3[nH]cnc3n12. The van der Waals surface area contributed by atoms with Gasteiger partial charge >= 0.3 is 12.2 Å². The lowest BCUT2D eigenvalue weighted by atomic mass is 9.90. The summed E-state index contributed by atoms with van der Waals surface area (Å²) in [7, 11) is 0. The van der Waals surface area contributed by atoms with E-state index in [0.29, 0.717) is 23.4 Å². The number of rotatable bonds is 3. The summed E-state index contributed by atoms with van der Waals surface area (Å²) in [6, 6.07) is -0.777. The molecule has 8 nitrogen and oxygen atoms in total. The molecule has 3 aromatic rings. The molecular formula is C16H16Br2F3N7O. The molecule has 0 saturated carbocycles. The van der Waals surface area contributed by atoms with Crippen molar-refractivity contribution in [1.82, 2.24) is 34.6 Å².